The third-order valence-electron chi connectivity index (χ3n) is 2.94. The molecule has 108 valence electrons. The molecule has 1 atom stereocenters. The van der Waals surface area contributed by atoms with Crippen molar-refractivity contribution >= 4 is 39.1 Å². The molecule has 0 aliphatic heterocycles. The summed E-state index contributed by atoms with van der Waals surface area (Å²) in [5.74, 6) is -0.0718. The Labute approximate surface area is 127 Å². The fourth-order valence-electron chi connectivity index (χ4n) is 2.08. The first kappa shape index (κ1) is 15.3. The molecule has 20 heavy (non-hydrogen) atoms. The third kappa shape index (κ3) is 3.49. The van der Waals surface area contributed by atoms with E-state index in [2.05, 4.69) is 18.8 Å². The van der Waals surface area contributed by atoms with Gasteiger partial charge in [-0.2, -0.15) is 0 Å². The van der Waals surface area contributed by atoms with Crippen LogP contribution in [0.3, 0.4) is 0 Å². The van der Waals surface area contributed by atoms with Gasteiger partial charge in [-0.25, -0.2) is 4.98 Å². The predicted octanol–water partition coefficient (Wildman–Crippen LogP) is 4.64. The Kier molecular flexibility index (Phi) is 5.00. The molecule has 0 saturated heterocycles. The van der Waals surface area contributed by atoms with Crippen LogP contribution >= 0.6 is 22.9 Å². The van der Waals surface area contributed by atoms with Gasteiger partial charge in [0.05, 0.1) is 16.8 Å². The lowest BCUT2D eigenvalue weighted by atomic mass is 9.98. The van der Waals surface area contributed by atoms with E-state index in [4.69, 9.17) is 16.3 Å². The minimum atomic E-state index is -0.286. The average Bonchev–Trinajstić information content (AvgIpc) is 2.78. The van der Waals surface area contributed by atoms with Crippen LogP contribution in [0.4, 0.5) is 0 Å². The van der Waals surface area contributed by atoms with Crippen molar-refractivity contribution in [2.45, 2.75) is 33.1 Å². The number of ether oxygens (including phenoxy) is 1. The molecular weight excluding hydrogens is 294 g/mol. The summed E-state index contributed by atoms with van der Waals surface area (Å²) in [6, 6.07) is 5.58. The summed E-state index contributed by atoms with van der Waals surface area (Å²) >= 11 is 7.51. The van der Waals surface area contributed by atoms with Crippen LogP contribution in [0.25, 0.3) is 10.2 Å². The second-order valence-corrected chi connectivity index (χ2v) is 6.60. The number of hydrogen-bond acceptors (Lipinski definition) is 4. The summed E-state index contributed by atoms with van der Waals surface area (Å²) in [6.45, 7) is 6.40. The molecule has 0 N–H and O–H groups in total. The maximum atomic E-state index is 12.1. The van der Waals surface area contributed by atoms with Crippen LogP contribution in [-0.4, -0.2) is 17.6 Å². The fourth-order valence-corrected chi connectivity index (χ4v) is 3.42. The lowest BCUT2D eigenvalue weighted by Gasteiger charge is -2.14. The monoisotopic (exact) mass is 311 g/mol. The number of esters is 1. The van der Waals surface area contributed by atoms with Gasteiger partial charge in [0.2, 0.25) is 0 Å². The number of fused-ring (bicyclic) bond motifs is 1. The fraction of sp³-hybridized carbons (Fsp3) is 0.467. The summed E-state index contributed by atoms with van der Waals surface area (Å²) < 4.78 is 6.19. The number of halogens is 1. The summed E-state index contributed by atoms with van der Waals surface area (Å²) in [5, 5.41) is 1.50. The highest BCUT2D eigenvalue weighted by atomic mass is 35.5. The average molecular weight is 312 g/mol. The maximum Gasteiger partial charge on any atom is 0.315 e. The normalized spacial score (nSPS) is 12.8. The second-order valence-electron chi connectivity index (χ2n) is 5.10. The first-order chi connectivity index (χ1) is 9.51. The van der Waals surface area contributed by atoms with Crippen molar-refractivity contribution in [3.05, 3.63) is 28.2 Å². The van der Waals surface area contributed by atoms with E-state index in [1.807, 2.05) is 25.1 Å². The highest BCUT2D eigenvalue weighted by molar-refractivity contribution is 7.18. The minimum absolute atomic E-state index is 0.189. The van der Waals surface area contributed by atoms with Crippen molar-refractivity contribution in [1.29, 1.82) is 0 Å². The van der Waals surface area contributed by atoms with Gasteiger partial charge in [-0.3, -0.25) is 4.79 Å². The van der Waals surface area contributed by atoms with Crippen LogP contribution in [0, 0.1) is 5.92 Å². The van der Waals surface area contributed by atoms with Crippen LogP contribution in [-0.2, 0) is 9.53 Å². The molecule has 0 aliphatic carbocycles. The molecule has 0 spiro atoms. The third-order valence-corrected chi connectivity index (χ3v) is 4.31. The molecule has 2 aromatic rings. The highest BCUT2D eigenvalue weighted by Crippen LogP contribution is 2.33. The quantitative estimate of drug-likeness (QED) is 0.755. The molecule has 1 unspecified atom stereocenters. The second kappa shape index (κ2) is 6.55. The van der Waals surface area contributed by atoms with Crippen molar-refractivity contribution in [3.63, 3.8) is 0 Å². The van der Waals surface area contributed by atoms with E-state index in [0.717, 1.165) is 21.6 Å². The summed E-state index contributed by atoms with van der Waals surface area (Å²) in [4.78, 5) is 16.7. The number of carbonyl (C=O) groups excluding carboxylic acids is 1. The first-order valence-electron chi connectivity index (χ1n) is 6.74. The van der Waals surface area contributed by atoms with Gasteiger partial charge >= 0.3 is 5.97 Å². The number of aromatic nitrogens is 1. The Morgan fingerprint density at radius 3 is 2.85 bits per heavy atom. The number of thiazole rings is 1. The predicted molar refractivity (Wildman–Crippen MR) is 83.5 cm³/mol. The molecular formula is C15H18ClNO2S. The molecule has 0 radical (unpaired) electrons. The largest absolute Gasteiger partial charge is 0.465 e. The van der Waals surface area contributed by atoms with Gasteiger partial charge in [0.15, 0.2) is 0 Å². The Morgan fingerprint density at radius 2 is 2.20 bits per heavy atom. The zero-order valence-electron chi connectivity index (χ0n) is 11.9. The van der Waals surface area contributed by atoms with E-state index in [1.165, 1.54) is 11.3 Å². The van der Waals surface area contributed by atoms with E-state index >= 15 is 0 Å². The molecule has 1 aromatic heterocycles. The number of carbonyl (C=O) groups is 1. The van der Waals surface area contributed by atoms with E-state index in [0.29, 0.717) is 17.5 Å². The lowest BCUT2D eigenvalue weighted by molar-refractivity contribution is -0.145. The highest BCUT2D eigenvalue weighted by Gasteiger charge is 2.26. The van der Waals surface area contributed by atoms with E-state index < -0.39 is 0 Å². The smallest absolute Gasteiger partial charge is 0.315 e. The Hall–Kier alpha value is -1.13. The summed E-state index contributed by atoms with van der Waals surface area (Å²) in [7, 11) is 0. The molecule has 0 aliphatic rings. The van der Waals surface area contributed by atoms with E-state index in [9.17, 15) is 4.79 Å². The Morgan fingerprint density at radius 1 is 1.45 bits per heavy atom. The number of hydrogen-bond donors (Lipinski definition) is 0. The standard InChI is InChI=1S/C15H18ClNO2S/c1-4-19-15(18)11(7-9(2)3)14-17-12-6-5-10(16)8-13(12)20-14/h5-6,8-9,11H,4,7H2,1-3H3. The van der Waals surface area contributed by atoms with Crippen LogP contribution in [0.1, 0.15) is 38.1 Å². The first-order valence-corrected chi connectivity index (χ1v) is 7.93. The topological polar surface area (TPSA) is 39.2 Å². The van der Waals surface area contributed by atoms with Gasteiger partial charge < -0.3 is 4.74 Å². The van der Waals surface area contributed by atoms with Gasteiger partial charge in [0.25, 0.3) is 0 Å². The van der Waals surface area contributed by atoms with Gasteiger partial charge in [-0.05, 0) is 37.5 Å². The SMILES string of the molecule is CCOC(=O)C(CC(C)C)c1nc2ccc(Cl)cc2s1. The lowest BCUT2D eigenvalue weighted by Crippen LogP contribution is -2.17. The van der Waals surface area contributed by atoms with Crippen molar-refractivity contribution in [1.82, 2.24) is 4.98 Å². The van der Waals surface area contributed by atoms with Crippen molar-refractivity contribution in [2.75, 3.05) is 6.61 Å². The summed E-state index contributed by atoms with van der Waals surface area (Å²) in [6.07, 6.45) is 0.742. The molecule has 0 saturated carbocycles. The van der Waals surface area contributed by atoms with Crippen LogP contribution < -0.4 is 0 Å². The minimum Gasteiger partial charge on any atom is -0.465 e. The Bertz CT molecular complexity index is 609. The zero-order valence-corrected chi connectivity index (χ0v) is 13.4. The molecule has 1 aromatic carbocycles. The van der Waals surface area contributed by atoms with Gasteiger partial charge in [-0.1, -0.05) is 25.4 Å². The molecule has 0 amide bonds. The number of rotatable bonds is 5. The Balaban J connectivity index is 2.36. The number of benzene rings is 1. The van der Waals surface area contributed by atoms with E-state index in [-0.39, 0.29) is 11.9 Å². The molecule has 3 nitrogen and oxygen atoms in total. The van der Waals surface area contributed by atoms with Gasteiger partial charge in [-0.15, -0.1) is 11.3 Å². The van der Waals surface area contributed by atoms with Crippen LogP contribution in [0.2, 0.25) is 5.02 Å². The summed E-state index contributed by atoms with van der Waals surface area (Å²) in [5.41, 5.74) is 0.882. The van der Waals surface area contributed by atoms with Crippen LogP contribution in [0.15, 0.2) is 18.2 Å². The molecule has 2 rings (SSSR count). The van der Waals surface area contributed by atoms with Gasteiger partial charge in [0, 0.05) is 5.02 Å². The molecule has 5 heteroatoms. The van der Waals surface area contributed by atoms with E-state index in [1.54, 1.807) is 0 Å². The van der Waals surface area contributed by atoms with Crippen LogP contribution in [0.5, 0.6) is 0 Å². The van der Waals surface area contributed by atoms with Crippen molar-refractivity contribution < 1.29 is 9.53 Å². The number of nitrogens with zero attached hydrogens (tertiary/aromatic N) is 1. The van der Waals surface area contributed by atoms with Crippen molar-refractivity contribution in [2.24, 2.45) is 5.92 Å². The molecule has 1 heterocycles. The molecule has 0 bridgehead atoms. The molecule has 0 fully saturated rings. The van der Waals surface area contributed by atoms with Crippen molar-refractivity contribution in [3.8, 4) is 0 Å². The van der Waals surface area contributed by atoms with Gasteiger partial charge in [0.1, 0.15) is 10.9 Å². The maximum absolute atomic E-state index is 12.1. The zero-order chi connectivity index (χ0) is 14.7.